The lowest BCUT2D eigenvalue weighted by Gasteiger charge is -2.32. The molecular weight excluding hydrogens is 338 g/mol. The molecule has 2 rings (SSSR count). The standard InChI is InChI=1S/C20H39N7/c1-5-19-25-24-16-27(19)14-11-22-20(21-6-2)23-15-18(17(3)4)26-12-9-7-8-10-13-26/h16-18H,5-15H2,1-4H3,(H2,21,22,23). The van der Waals surface area contributed by atoms with E-state index in [4.69, 9.17) is 4.99 Å². The van der Waals surface area contributed by atoms with Crippen LogP contribution in [0.15, 0.2) is 11.3 Å². The summed E-state index contributed by atoms with van der Waals surface area (Å²) in [5.41, 5.74) is 0. The minimum atomic E-state index is 0.517. The Bertz CT molecular complexity index is 544. The first-order valence-electron chi connectivity index (χ1n) is 10.8. The number of aryl methyl sites for hydroxylation is 1. The molecule has 7 nitrogen and oxygen atoms in total. The van der Waals surface area contributed by atoms with E-state index in [0.717, 1.165) is 44.4 Å². The molecule has 7 heteroatoms. The van der Waals surface area contributed by atoms with Crippen LogP contribution in [0.2, 0.25) is 0 Å². The number of likely N-dealkylation sites (tertiary alicyclic amines) is 1. The van der Waals surface area contributed by atoms with Crippen molar-refractivity contribution in [1.29, 1.82) is 0 Å². The van der Waals surface area contributed by atoms with Gasteiger partial charge in [-0.25, -0.2) is 0 Å². The van der Waals surface area contributed by atoms with Gasteiger partial charge >= 0.3 is 0 Å². The van der Waals surface area contributed by atoms with Crippen molar-refractivity contribution in [1.82, 2.24) is 30.3 Å². The van der Waals surface area contributed by atoms with Gasteiger partial charge in [0.05, 0.1) is 6.54 Å². The van der Waals surface area contributed by atoms with Crippen LogP contribution in [-0.4, -0.2) is 64.4 Å². The van der Waals surface area contributed by atoms with Crippen LogP contribution in [0.5, 0.6) is 0 Å². The monoisotopic (exact) mass is 377 g/mol. The lowest BCUT2D eigenvalue weighted by Crippen LogP contribution is -2.44. The summed E-state index contributed by atoms with van der Waals surface area (Å²) in [7, 11) is 0. The van der Waals surface area contributed by atoms with E-state index < -0.39 is 0 Å². The summed E-state index contributed by atoms with van der Waals surface area (Å²) >= 11 is 0. The molecule has 1 aromatic heterocycles. The highest BCUT2D eigenvalue weighted by Gasteiger charge is 2.22. The van der Waals surface area contributed by atoms with Gasteiger partial charge in [0.25, 0.3) is 0 Å². The molecule has 1 aromatic rings. The second-order valence-electron chi connectivity index (χ2n) is 7.70. The third kappa shape index (κ3) is 7.13. The van der Waals surface area contributed by atoms with E-state index in [1.165, 1.54) is 38.8 Å². The summed E-state index contributed by atoms with van der Waals surface area (Å²) < 4.78 is 2.10. The largest absolute Gasteiger partial charge is 0.357 e. The minimum absolute atomic E-state index is 0.517. The van der Waals surface area contributed by atoms with Crippen LogP contribution in [0.4, 0.5) is 0 Å². The van der Waals surface area contributed by atoms with E-state index >= 15 is 0 Å². The highest BCUT2D eigenvalue weighted by molar-refractivity contribution is 5.79. The van der Waals surface area contributed by atoms with Crippen LogP contribution in [0, 0.1) is 5.92 Å². The first kappa shape index (κ1) is 21.7. The molecule has 1 saturated heterocycles. The number of aliphatic imine (C=N–C) groups is 1. The molecule has 0 saturated carbocycles. The number of aromatic nitrogens is 3. The maximum Gasteiger partial charge on any atom is 0.191 e. The number of hydrogen-bond donors (Lipinski definition) is 2. The Kier molecular flexibility index (Phi) is 9.59. The van der Waals surface area contributed by atoms with E-state index in [2.05, 4.69) is 58.0 Å². The highest BCUT2D eigenvalue weighted by Crippen LogP contribution is 2.17. The lowest BCUT2D eigenvalue weighted by atomic mass is 10.0. The Hall–Kier alpha value is -1.63. The lowest BCUT2D eigenvalue weighted by molar-refractivity contribution is 0.166. The molecule has 1 aliphatic rings. The fourth-order valence-corrected chi connectivity index (χ4v) is 3.74. The zero-order chi connectivity index (χ0) is 19.5. The van der Waals surface area contributed by atoms with E-state index in [-0.39, 0.29) is 0 Å². The van der Waals surface area contributed by atoms with Crippen molar-refractivity contribution < 1.29 is 0 Å². The molecule has 0 amide bonds. The van der Waals surface area contributed by atoms with Crippen molar-refractivity contribution in [2.24, 2.45) is 10.9 Å². The molecule has 2 N–H and O–H groups in total. The minimum Gasteiger partial charge on any atom is -0.357 e. The second-order valence-corrected chi connectivity index (χ2v) is 7.70. The third-order valence-electron chi connectivity index (χ3n) is 5.32. The summed E-state index contributed by atoms with van der Waals surface area (Å²) in [6, 6.07) is 0.517. The molecule has 0 aromatic carbocycles. The number of guanidine groups is 1. The number of hydrogen-bond acceptors (Lipinski definition) is 4. The smallest absolute Gasteiger partial charge is 0.191 e. The van der Waals surface area contributed by atoms with Crippen molar-refractivity contribution in [3.05, 3.63) is 12.2 Å². The fraction of sp³-hybridized carbons (Fsp3) is 0.850. The second kappa shape index (κ2) is 12.0. The Labute approximate surface area is 165 Å². The molecule has 1 atom stereocenters. The molecule has 1 unspecified atom stereocenters. The van der Waals surface area contributed by atoms with Crippen LogP contribution in [0.1, 0.15) is 59.2 Å². The zero-order valence-electron chi connectivity index (χ0n) is 17.7. The van der Waals surface area contributed by atoms with Gasteiger partial charge < -0.3 is 15.2 Å². The molecular formula is C20H39N7. The van der Waals surface area contributed by atoms with Gasteiger partial charge in [0.1, 0.15) is 12.2 Å². The molecule has 1 fully saturated rings. The van der Waals surface area contributed by atoms with Gasteiger partial charge in [0.2, 0.25) is 0 Å². The van der Waals surface area contributed by atoms with Gasteiger partial charge in [-0.3, -0.25) is 9.89 Å². The molecule has 0 radical (unpaired) electrons. The fourth-order valence-electron chi connectivity index (χ4n) is 3.74. The van der Waals surface area contributed by atoms with Crippen molar-refractivity contribution in [2.45, 2.75) is 72.4 Å². The van der Waals surface area contributed by atoms with Crippen molar-refractivity contribution >= 4 is 5.96 Å². The predicted molar refractivity (Wildman–Crippen MR) is 112 cm³/mol. The third-order valence-corrected chi connectivity index (χ3v) is 5.32. The summed E-state index contributed by atoms with van der Waals surface area (Å²) in [5, 5.41) is 15.0. The van der Waals surface area contributed by atoms with E-state index in [1.807, 2.05) is 0 Å². The normalized spacial score (nSPS) is 17.7. The van der Waals surface area contributed by atoms with E-state index in [1.54, 1.807) is 6.33 Å². The van der Waals surface area contributed by atoms with Crippen molar-refractivity contribution in [2.75, 3.05) is 32.7 Å². The van der Waals surface area contributed by atoms with Gasteiger partial charge in [0, 0.05) is 32.1 Å². The molecule has 27 heavy (non-hydrogen) atoms. The van der Waals surface area contributed by atoms with Crippen molar-refractivity contribution in [3.8, 4) is 0 Å². The van der Waals surface area contributed by atoms with Crippen LogP contribution >= 0.6 is 0 Å². The van der Waals surface area contributed by atoms with Gasteiger partial charge in [-0.1, -0.05) is 33.6 Å². The topological polar surface area (TPSA) is 70.4 Å². The first-order valence-corrected chi connectivity index (χ1v) is 10.8. The van der Waals surface area contributed by atoms with E-state index in [9.17, 15) is 0 Å². The van der Waals surface area contributed by atoms with Crippen molar-refractivity contribution in [3.63, 3.8) is 0 Å². The Balaban J connectivity index is 1.91. The Morgan fingerprint density at radius 1 is 1.15 bits per heavy atom. The average molecular weight is 378 g/mol. The van der Waals surface area contributed by atoms with Gasteiger partial charge in [-0.2, -0.15) is 0 Å². The van der Waals surface area contributed by atoms with E-state index in [0.29, 0.717) is 12.0 Å². The Morgan fingerprint density at radius 3 is 2.52 bits per heavy atom. The van der Waals surface area contributed by atoms with Crippen LogP contribution in [-0.2, 0) is 13.0 Å². The molecule has 1 aliphatic heterocycles. The number of nitrogens with one attached hydrogen (secondary N) is 2. The van der Waals surface area contributed by atoms with Crippen LogP contribution in [0.3, 0.4) is 0 Å². The summed E-state index contributed by atoms with van der Waals surface area (Å²) in [6.45, 7) is 14.7. The Morgan fingerprint density at radius 2 is 1.89 bits per heavy atom. The molecule has 2 heterocycles. The van der Waals surface area contributed by atoms with Gasteiger partial charge in [-0.15, -0.1) is 10.2 Å². The van der Waals surface area contributed by atoms with Crippen LogP contribution < -0.4 is 10.6 Å². The molecule has 0 spiro atoms. The summed E-state index contributed by atoms with van der Waals surface area (Å²) in [4.78, 5) is 7.58. The zero-order valence-corrected chi connectivity index (χ0v) is 17.7. The van der Waals surface area contributed by atoms with Crippen LogP contribution in [0.25, 0.3) is 0 Å². The number of nitrogens with zero attached hydrogens (tertiary/aromatic N) is 5. The summed E-state index contributed by atoms with van der Waals surface area (Å²) in [5.74, 6) is 2.54. The predicted octanol–water partition coefficient (Wildman–Crippen LogP) is 2.30. The SMILES string of the molecule is CCNC(=NCC(C(C)C)N1CCCCCC1)NCCn1cnnc1CC. The maximum absolute atomic E-state index is 4.91. The van der Waals surface area contributed by atoms with Gasteiger partial charge in [0.15, 0.2) is 5.96 Å². The maximum atomic E-state index is 4.91. The molecule has 0 bridgehead atoms. The molecule has 0 aliphatic carbocycles. The number of rotatable bonds is 9. The average Bonchev–Trinajstić information content (AvgIpc) is 2.94. The quantitative estimate of drug-likeness (QED) is 0.510. The molecule has 154 valence electrons. The first-order chi connectivity index (χ1) is 13.2. The van der Waals surface area contributed by atoms with Gasteiger partial charge in [-0.05, 0) is 38.8 Å². The summed E-state index contributed by atoms with van der Waals surface area (Å²) in [6.07, 6.45) is 8.10. The highest BCUT2D eigenvalue weighted by atomic mass is 15.3.